The molecule has 0 spiro atoms. The molecule has 1 saturated heterocycles. The van der Waals surface area contributed by atoms with Crippen molar-refractivity contribution in [3.05, 3.63) is 32.6 Å². The molecule has 0 bridgehead atoms. The number of ether oxygens (including phenoxy) is 1. The van der Waals surface area contributed by atoms with Crippen LogP contribution in [0.3, 0.4) is 0 Å². The van der Waals surface area contributed by atoms with Crippen LogP contribution in [0.2, 0.25) is 0 Å². The third-order valence-electron chi connectivity index (χ3n) is 2.70. The average molecular weight is 255 g/mol. The second-order valence-electron chi connectivity index (χ2n) is 3.95. The van der Waals surface area contributed by atoms with Gasteiger partial charge in [0.2, 0.25) is 0 Å². The van der Waals surface area contributed by atoms with Crippen LogP contribution in [0.4, 0.5) is 0 Å². The van der Waals surface area contributed by atoms with Crippen LogP contribution in [0.5, 0.6) is 0 Å². The van der Waals surface area contributed by atoms with Gasteiger partial charge in [0.15, 0.2) is 0 Å². The molecule has 2 heterocycles. The first-order valence-corrected chi connectivity index (χ1v) is 5.74. The molecule has 17 heavy (non-hydrogen) atoms. The van der Waals surface area contributed by atoms with Crippen LogP contribution in [0.25, 0.3) is 0 Å². The van der Waals surface area contributed by atoms with E-state index in [4.69, 9.17) is 22.7 Å². The van der Waals surface area contributed by atoms with Crippen molar-refractivity contribution in [2.45, 2.75) is 25.5 Å². The highest BCUT2D eigenvalue weighted by atomic mass is 32.1. The molecule has 3 N–H and O–H groups in total. The van der Waals surface area contributed by atoms with Crippen LogP contribution in [0, 0.1) is 0 Å². The van der Waals surface area contributed by atoms with Crippen LogP contribution in [-0.2, 0) is 11.3 Å². The molecule has 92 valence electrons. The molecule has 0 saturated carbocycles. The molecule has 1 fully saturated rings. The number of aromatic nitrogens is 2. The zero-order chi connectivity index (χ0) is 12.4. The number of nitrogens with zero attached hydrogens (tertiary/aromatic N) is 1. The molecule has 1 atom stereocenters. The van der Waals surface area contributed by atoms with Crippen molar-refractivity contribution < 1.29 is 4.74 Å². The Hall–Kier alpha value is -1.47. The third kappa shape index (κ3) is 2.62. The van der Waals surface area contributed by atoms with Gasteiger partial charge in [-0.05, 0) is 12.8 Å². The first kappa shape index (κ1) is 12.0. The molecular formula is C10H13N3O3S. The molecule has 1 aliphatic heterocycles. The van der Waals surface area contributed by atoms with Crippen molar-refractivity contribution in [3.8, 4) is 0 Å². The quantitative estimate of drug-likeness (QED) is 0.700. The summed E-state index contributed by atoms with van der Waals surface area (Å²) in [5.41, 5.74) is 4.54. The fourth-order valence-electron chi connectivity index (χ4n) is 1.83. The molecule has 0 unspecified atom stereocenters. The van der Waals surface area contributed by atoms with E-state index in [1.54, 1.807) is 0 Å². The van der Waals surface area contributed by atoms with Gasteiger partial charge < -0.3 is 10.5 Å². The number of thiocarbonyl (C=S) groups is 1. The minimum Gasteiger partial charge on any atom is -0.389 e. The van der Waals surface area contributed by atoms with Crippen molar-refractivity contribution in [3.63, 3.8) is 0 Å². The molecule has 6 nitrogen and oxygen atoms in total. The Morgan fingerprint density at radius 1 is 1.65 bits per heavy atom. The van der Waals surface area contributed by atoms with Gasteiger partial charge in [0.25, 0.3) is 5.56 Å². The van der Waals surface area contributed by atoms with Crippen LogP contribution < -0.4 is 17.0 Å². The zero-order valence-electron chi connectivity index (χ0n) is 9.14. The lowest BCUT2D eigenvalue weighted by Crippen LogP contribution is -2.36. The lowest BCUT2D eigenvalue weighted by Gasteiger charge is -2.11. The van der Waals surface area contributed by atoms with E-state index < -0.39 is 11.2 Å². The summed E-state index contributed by atoms with van der Waals surface area (Å²) >= 11 is 4.75. The molecule has 0 amide bonds. The maximum atomic E-state index is 11.6. The average Bonchev–Trinajstić information content (AvgIpc) is 2.74. The van der Waals surface area contributed by atoms with Gasteiger partial charge in [0, 0.05) is 12.8 Å². The number of hydrogen-bond donors (Lipinski definition) is 2. The number of H-pyrrole nitrogens is 1. The zero-order valence-corrected chi connectivity index (χ0v) is 9.96. The number of aromatic amines is 1. The van der Waals surface area contributed by atoms with Gasteiger partial charge in [-0.25, -0.2) is 4.79 Å². The Balaban J connectivity index is 2.33. The monoisotopic (exact) mass is 255 g/mol. The summed E-state index contributed by atoms with van der Waals surface area (Å²) in [7, 11) is 0. The van der Waals surface area contributed by atoms with E-state index in [1.807, 2.05) is 0 Å². The molecular weight excluding hydrogens is 242 g/mol. The van der Waals surface area contributed by atoms with Gasteiger partial charge in [-0.1, -0.05) is 12.2 Å². The largest absolute Gasteiger partial charge is 0.389 e. The van der Waals surface area contributed by atoms with Crippen molar-refractivity contribution in [2.75, 3.05) is 6.61 Å². The van der Waals surface area contributed by atoms with E-state index in [0.717, 1.165) is 12.8 Å². The van der Waals surface area contributed by atoms with Crippen LogP contribution in [0.1, 0.15) is 18.4 Å². The molecule has 1 aliphatic rings. The van der Waals surface area contributed by atoms with E-state index in [0.29, 0.717) is 13.2 Å². The summed E-state index contributed by atoms with van der Waals surface area (Å²) in [5.74, 6) is 0. The standard InChI is InChI=1S/C10H13N3O3S/c11-8(17)7-5-13(10(15)12-9(7)14)4-6-2-1-3-16-6/h5-6H,1-4H2,(H2,11,17)(H,12,14,15)/t6-/m0/s1. The van der Waals surface area contributed by atoms with Gasteiger partial charge >= 0.3 is 5.69 Å². The number of nitrogens with one attached hydrogen (secondary N) is 1. The maximum Gasteiger partial charge on any atom is 0.328 e. The minimum absolute atomic E-state index is 0.0118. The summed E-state index contributed by atoms with van der Waals surface area (Å²) in [6.07, 6.45) is 3.31. The van der Waals surface area contributed by atoms with E-state index in [9.17, 15) is 9.59 Å². The fraction of sp³-hybridized carbons (Fsp3) is 0.500. The van der Waals surface area contributed by atoms with E-state index in [1.165, 1.54) is 10.8 Å². The fourth-order valence-corrected chi connectivity index (χ4v) is 1.97. The highest BCUT2D eigenvalue weighted by Gasteiger charge is 2.17. The smallest absolute Gasteiger partial charge is 0.328 e. The third-order valence-corrected chi connectivity index (χ3v) is 2.92. The first-order valence-electron chi connectivity index (χ1n) is 5.33. The highest BCUT2D eigenvalue weighted by Crippen LogP contribution is 2.12. The lowest BCUT2D eigenvalue weighted by molar-refractivity contribution is 0.0957. The highest BCUT2D eigenvalue weighted by molar-refractivity contribution is 7.80. The summed E-state index contributed by atoms with van der Waals surface area (Å²) < 4.78 is 6.81. The second-order valence-corrected chi connectivity index (χ2v) is 4.39. The van der Waals surface area contributed by atoms with Crippen molar-refractivity contribution in [1.82, 2.24) is 9.55 Å². The van der Waals surface area contributed by atoms with E-state index >= 15 is 0 Å². The topological polar surface area (TPSA) is 90.1 Å². The Morgan fingerprint density at radius 3 is 3.00 bits per heavy atom. The van der Waals surface area contributed by atoms with E-state index in [2.05, 4.69) is 4.98 Å². The van der Waals surface area contributed by atoms with Gasteiger partial charge in [0.05, 0.1) is 18.2 Å². The SMILES string of the molecule is NC(=S)c1cn(C[C@@H]2CCCO2)c(=O)[nH]c1=O. The van der Waals surface area contributed by atoms with Crippen LogP contribution >= 0.6 is 12.2 Å². The predicted octanol–water partition coefficient (Wildman–Crippen LogP) is -0.650. The number of rotatable bonds is 3. The van der Waals surface area contributed by atoms with Crippen LogP contribution in [0.15, 0.2) is 15.8 Å². The van der Waals surface area contributed by atoms with Gasteiger partial charge in [0.1, 0.15) is 4.99 Å². The van der Waals surface area contributed by atoms with Gasteiger partial charge in [-0.2, -0.15) is 0 Å². The second kappa shape index (κ2) is 4.80. The summed E-state index contributed by atoms with van der Waals surface area (Å²) in [4.78, 5) is 25.1. The molecule has 0 aliphatic carbocycles. The summed E-state index contributed by atoms with van der Waals surface area (Å²) in [6.45, 7) is 1.12. The Kier molecular flexibility index (Phi) is 3.39. The van der Waals surface area contributed by atoms with Crippen molar-refractivity contribution in [1.29, 1.82) is 0 Å². The number of nitrogens with two attached hydrogens (primary N) is 1. The molecule has 2 rings (SSSR count). The Morgan fingerprint density at radius 2 is 2.41 bits per heavy atom. The molecule has 0 radical (unpaired) electrons. The maximum absolute atomic E-state index is 11.6. The van der Waals surface area contributed by atoms with E-state index in [-0.39, 0.29) is 16.7 Å². The van der Waals surface area contributed by atoms with Crippen molar-refractivity contribution >= 4 is 17.2 Å². The first-order chi connectivity index (χ1) is 8.08. The number of hydrogen-bond acceptors (Lipinski definition) is 4. The van der Waals surface area contributed by atoms with Gasteiger partial charge in [-0.3, -0.25) is 14.3 Å². The minimum atomic E-state index is -0.550. The van der Waals surface area contributed by atoms with Crippen LogP contribution in [-0.4, -0.2) is 27.3 Å². The molecule has 0 aromatic carbocycles. The predicted molar refractivity (Wildman–Crippen MR) is 66.2 cm³/mol. The van der Waals surface area contributed by atoms with Gasteiger partial charge in [-0.15, -0.1) is 0 Å². The van der Waals surface area contributed by atoms with Crippen molar-refractivity contribution in [2.24, 2.45) is 5.73 Å². The molecule has 1 aromatic rings. The summed E-state index contributed by atoms with van der Waals surface area (Å²) in [5, 5.41) is 0. The Labute approximate surface area is 102 Å². The lowest BCUT2D eigenvalue weighted by atomic mass is 10.2. The molecule has 7 heteroatoms. The summed E-state index contributed by atoms with van der Waals surface area (Å²) in [6, 6.07) is 0. The Bertz CT molecular complexity index is 542. The normalized spacial score (nSPS) is 19.4. The molecule has 1 aromatic heterocycles.